The second-order valence-corrected chi connectivity index (χ2v) is 4.58. The summed E-state index contributed by atoms with van der Waals surface area (Å²) in [5.41, 5.74) is 0.180. The van der Waals surface area contributed by atoms with Gasteiger partial charge in [0.1, 0.15) is 5.82 Å². The van der Waals surface area contributed by atoms with Crippen molar-refractivity contribution in [3.05, 3.63) is 18.1 Å². The smallest absolute Gasteiger partial charge is 0.358 e. The van der Waals surface area contributed by atoms with Gasteiger partial charge in [-0.3, -0.25) is 0 Å². The van der Waals surface area contributed by atoms with Crippen LogP contribution in [-0.4, -0.2) is 41.8 Å². The van der Waals surface area contributed by atoms with E-state index in [0.717, 1.165) is 26.1 Å². The van der Waals surface area contributed by atoms with Gasteiger partial charge in [0.25, 0.3) is 0 Å². The summed E-state index contributed by atoms with van der Waals surface area (Å²) < 4.78 is 9.90. The van der Waals surface area contributed by atoms with E-state index in [4.69, 9.17) is 4.74 Å². The molecule has 0 spiro atoms. The van der Waals surface area contributed by atoms with Crippen LogP contribution in [0.1, 0.15) is 30.3 Å². The van der Waals surface area contributed by atoms with Gasteiger partial charge in [-0.1, -0.05) is 0 Å². The molecule has 1 aromatic heterocycles. The molecule has 1 aliphatic rings. The highest BCUT2D eigenvalue weighted by molar-refractivity contribution is 5.86. The molecule has 1 aliphatic heterocycles. The molecule has 2 heterocycles. The van der Waals surface area contributed by atoms with Gasteiger partial charge in [-0.2, -0.15) is 0 Å². The molecule has 0 bridgehead atoms. The number of nitrogens with zero attached hydrogens (tertiary/aromatic N) is 2. The molecule has 1 fully saturated rings. The molecule has 6 heteroatoms. The third kappa shape index (κ3) is 2.95. The number of carbonyl (C=O) groups excluding carboxylic acids is 1. The molecular formula is C12H17N3O3. The van der Waals surface area contributed by atoms with Gasteiger partial charge in [0, 0.05) is 18.8 Å². The van der Waals surface area contributed by atoms with Crippen LogP contribution in [0.25, 0.3) is 0 Å². The average molecular weight is 251 g/mol. The second kappa shape index (κ2) is 5.30. The van der Waals surface area contributed by atoms with Crippen LogP contribution in [0.15, 0.2) is 12.4 Å². The minimum Gasteiger partial charge on any atom is -0.464 e. The number of anilines is 1. The number of nitrogens with one attached hydrogen (secondary N) is 1. The average Bonchev–Trinajstić information content (AvgIpc) is 2.39. The normalized spacial score (nSPS) is 18.1. The number of hydrogen-bond donors (Lipinski definition) is 1. The highest BCUT2D eigenvalue weighted by atomic mass is 16.5. The lowest BCUT2D eigenvalue weighted by molar-refractivity contribution is 0.0593. The quantitative estimate of drug-likeness (QED) is 0.815. The van der Waals surface area contributed by atoms with Crippen molar-refractivity contribution in [3.63, 3.8) is 0 Å². The van der Waals surface area contributed by atoms with Crippen LogP contribution < -0.4 is 5.32 Å². The Hall–Kier alpha value is -1.69. The molecule has 0 amide bonds. The fourth-order valence-electron chi connectivity index (χ4n) is 1.86. The van der Waals surface area contributed by atoms with E-state index in [1.807, 2.05) is 0 Å². The van der Waals surface area contributed by atoms with E-state index < -0.39 is 5.97 Å². The van der Waals surface area contributed by atoms with Gasteiger partial charge >= 0.3 is 5.97 Å². The van der Waals surface area contributed by atoms with Crippen molar-refractivity contribution >= 4 is 11.8 Å². The van der Waals surface area contributed by atoms with Crippen molar-refractivity contribution < 1.29 is 14.3 Å². The molecule has 2 rings (SSSR count). The molecule has 1 N–H and O–H groups in total. The molecule has 98 valence electrons. The lowest BCUT2D eigenvalue weighted by Gasteiger charge is -2.34. The van der Waals surface area contributed by atoms with Crippen LogP contribution in [-0.2, 0) is 9.47 Å². The lowest BCUT2D eigenvalue weighted by Crippen LogP contribution is -2.40. The Morgan fingerprint density at radius 3 is 2.67 bits per heavy atom. The Morgan fingerprint density at radius 2 is 2.11 bits per heavy atom. The van der Waals surface area contributed by atoms with Crippen LogP contribution >= 0.6 is 0 Å². The molecule has 0 radical (unpaired) electrons. The van der Waals surface area contributed by atoms with E-state index >= 15 is 0 Å². The topological polar surface area (TPSA) is 73.3 Å². The van der Waals surface area contributed by atoms with Gasteiger partial charge in [0.05, 0.1) is 19.5 Å². The van der Waals surface area contributed by atoms with E-state index in [2.05, 4.69) is 26.9 Å². The maximum atomic E-state index is 11.2. The monoisotopic (exact) mass is 251 g/mol. The van der Waals surface area contributed by atoms with Gasteiger partial charge in [0.15, 0.2) is 5.69 Å². The predicted molar refractivity (Wildman–Crippen MR) is 65.5 cm³/mol. The third-order valence-electron chi connectivity index (χ3n) is 3.07. The number of carbonyl (C=O) groups is 1. The van der Waals surface area contributed by atoms with Gasteiger partial charge in [-0.15, -0.1) is 0 Å². The van der Waals surface area contributed by atoms with Crippen molar-refractivity contribution in [2.45, 2.75) is 25.3 Å². The van der Waals surface area contributed by atoms with Gasteiger partial charge in [-0.05, 0) is 19.8 Å². The fourth-order valence-corrected chi connectivity index (χ4v) is 1.86. The Morgan fingerprint density at radius 1 is 1.39 bits per heavy atom. The maximum Gasteiger partial charge on any atom is 0.358 e. The summed E-state index contributed by atoms with van der Waals surface area (Å²) in [6, 6.07) is 0. The number of rotatable bonds is 3. The molecule has 18 heavy (non-hydrogen) atoms. The van der Waals surface area contributed by atoms with E-state index in [1.165, 1.54) is 13.3 Å². The van der Waals surface area contributed by atoms with E-state index in [9.17, 15) is 4.79 Å². The zero-order valence-electron chi connectivity index (χ0n) is 10.6. The van der Waals surface area contributed by atoms with E-state index in [-0.39, 0.29) is 11.2 Å². The first-order chi connectivity index (χ1) is 8.63. The molecule has 1 saturated heterocycles. The molecule has 6 nitrogen and oxygen atoms in total. The van der Waals surface area contributed by atoms with E-state index in [1.54, 1.807) is 6.20 Å². The highest BCUT2D eigenvalue weighted by Gasteiger charge is 2.27. The Kier molecular flexibility index (Phi) is 3.76. The van der Waals surface area contributed by atoms with Crippen molar-refractivity contribution in [1.29, 1.82) is 0 Å². The Bertz CT molecular complexity index is 413. The number of esters is 1. The Balaban J connectivity index is 2.03. The highest BCUT2D eigenvalue weighted by Crippen LogP contribution is 2.23. The summed E-state index contributed by atoms with van der Waals surface area (Å²) in [6.45, 7) is 3.62. The zero-order chi connectivity index (χ0) is 13.0. The van der Waals surface area contributed by atoms with Crippen LogP contribution in [0.2, 0.25) is 0 Å². The second-order valence-electron chi connectivity index (χ2n) is 4.58. The van der Waals surface area contributed by atoms with Gasteiger partial charge in [-0.25, -0.2) is 14.8 Å². The minimum absolute atomic E-state index is 0.0281. The van der Waals surface area contributed by atoms with Crippen LogP contribution in [0, 0.1) is 0 Å². The van der Waals surface area contributed by atoms with Crippen molar-refractivity contribution in [3.8, 4) is 0 Å². The SMILES string of the molecule is COC(=O)c1cnc(NC2(C)CCOCC2)cn1. The van der Waals surface area contributed by atoms with Gasteiger partial charge in [0.2, 0.25) is 0 Å². The van der Waals surface area contributed by atoms with Crippen molar-refractivity contribution in [2.75, 3.05) is 25.6 Å². The molecule has 0 aliphatic carbocycles. The maximum absolute atomic E-state index is 11.2. The summed E-state index contributed by atoms with van der Waals surface area (Å²) in [4.78, 5) is 19.4. The first-order valence-corrected chi connectivity index (χ1v) is 5.89. The van der Waals surface area contributed by atoms with Gasteiger partial charge < -0.3 is 14.8 Å². The number of hydrogen-bond acceptors (Lipinski definition) is 6. The lowest BCUT2D eigenvalue weighted by atomic mass is 9.92. The molecule has 0 atom stereocenters. The molecule has 1 aromatic rings. The summed E-state index contributed by atoms with van der Waals surface area (Å²) in [6.07, 6.45) is 4.81. The summed E-state index contributed by atoms with van der Waals surface area (Å²) in [5, 5.41) is 3.34. The number of methoxy groups -OCH3 is 1. The largest absolute Gasteiger partial charge is 0.464 e. The number of aromatic nitrogens is 2. The van der Waals surface area contributed by atoms with Crippen molar-refractivity contribution in [2.24, 2.45) is 0 Å². The minimum atomic E-state index is -0.480. The summed E-state index contributed by atoms with van der Waals surface area (Å²) >= 11 is 0. The predicted octanol–water partition coefficient (Wildman–Crippen LogP) is 1.24. The fraction of sp³-hybridized carbons (Fsp3) is 0.583. The summed E-state index contributed by atoms with van der Waals surface area (Å²) in [7, 11) is 1.32. The summed E-state index contributed by atoms with van der Waals surface area (Å²) in [5.74, 6) is 0.179. The molecule has 0 aromatic carbocycles. The number of ether oxygens (including phenoxy) is 2. The molecular weight excluding hydrogens is 234 g/mol. The van der Waals surface area contributed by atoms with Crippen LogP contribution in [0.3, 0.4) is 0 Å². The Labute approximate surface area is 106 Å². The van der Waals surface area contributed by atoms with Crippen molar-refractivity contribution in [1.82, 2.24) is 9.97 Å². The van der Waals surface area contributed by atoms with Crippen LogP contribution in [0.5, 0.6) is 0 Å². The standard InChI is InChI=1S/C12H17N3O3/c1-12(3-5-18-6-4-12)15-10-8-13-9(7-14-10)11(16)17-2/h7-8H,3-6H2,1-2H3,(H,14,15). The molecule has 0 unspecified atom stereocenters. The molecule has 0 saturated carbocycles. The third-order valence-corrected chi connectivity index (χ3v) is 3.07. The van der Waals surface area contributed by atoms with E-state index in [0.29, 0.717) is 5.82 Å². The first kappa shape index (κ1) is 12.8. The first-order valence-electron chi connectivity index (χ1n) is 5.89. The van der Waals surface area contributed by atoms with Crippen LogP contribution in [0.4, 0.5) is 5.82 Å². The zero-order valence-corrected chi connectivity index (χ0v) is 10.6.